The van der Waals surface area contributed by atoms with Gasteiger partial charge in [0.2, 0.25) is 5.91 Å². The van der Waals surface area contributed by atoms with Gasteiger partial charge in [-0.3, -0.25) is 4.79 Å². The van der Waals surface area contributed by atoms with Crippen LogP contribution in [0.3, 0.4) is 0 Å². The molecule has 0 aliphatic heterocycles. The number of hydrogen-bond donors (Lipinski definition) is 2. The SMILES string of the molecule is O=C(CCOCC(F)(F)F)NCC(O)C1CC1. The first-order chi connectivity index (χ1) is 7.88. The first kappa shape index (κ1) is 14.2. The highest BCUT2D eigenvalue weighted by molar-refractivity contribution is 5.75. The molecule has 17 heavy (non-hydrogen) atoms. The van der Waals surface area contributed by atoms with Gasteiger partial charge in [-0.05, 0) is 18.8 Å². The number of ether oxygens (including phenoxy) is 1. The lowest BCUT2D eigenvalue weighted by Crippen LogP contribution is -2.33. The number of rotatable bonds is 7. The van der Waals surface area contributed by atoms with Crippen molar-refractivity contribution in [2.45, 2.75) is 31.5 Å². The summed E-state index contributed by atoms with van der Waals surface area (Å²) in [4.78, 5) is 11.1. The summed E-state index contributed by atoms with van der Waals surface area (Å²) in [7, 11) is 0. The molecular formula is C10H16F3NO3. The second kappa shape index (κ2) is 6.20. The van der Waals surface area contributed by atoms with E-state index in [1.165, 1.54) is 0 Å². The Morgan fingerprint density at radius 1 is 1.47 bits per heavy atom. The van der Waals surface area contributed by atoms with E-state index in [4.69, 9.17) is 0 Å². The van der Waals surface area contributed by atoms with E-state index < -0.39 is 24.8 Å². The number of hydrogen-bond acceptors (Lipinski definition) is 3. The van der Waals surface area contributed by atoms with Crippen LogP contribution >= 0.6 is 0 Å². The van der Waals surface area contributed by atoms with Crippen molar-refractivity contribution in [2.24, 2.45) is 5.92 Å². The maximum atomic E-state index is 11.7. The molecule has 1 aliphatic carbocycles. The zero-order valence-corrected chi connectivity index (χ0v) is 9.29. The van der Waals surface area contributed by atoms with Gasteiger partial charge in [0.1, 0.15) is 6.61 Å². The molecule has 0 spiro atoms. The summed E-state index contributed by atoms with van der Waals surface area (Å²) in [5.41, 5.74) is 0. The molecule has 4 nitrogen and oxygen atoms in total. The Morgan fingerprint density at radius 3 is 2.65 bits per heavy atom. The van der Waals surface area contributed by atoms with Crippen molar-refractivity contribution >= 4 is 5.91 Å². The molecule has 7 heteroatoms. The van der Waals surface area contributed by atoms with Gasteiger partial charge in [-0.25, -0.2) is 0 Å². The van der Waals surface area contributed by atoms with Crippen molar-refractivity contribution in [3.63, 3.8) is 0 Å². The molecule has 2 N–H and O–H groups in total. The third-order valence-electron chi connectivity index (χ3n) is 2.41. The quantitative estimate of drug-likeness (QED) is 0.663. The highest BCUT2D eigenvalue weighted by atomic mass is 19.4. The van der Waals surface area contributed by atoms with Crippen molar-refractivity contribution in [3.05, 3.63) is 0 Å². The van der Waals surface area contributed by atoms with Crippen molar-refractivity contribution < 1.29 is 27.8 Å². The molecule has 1 aliphatic rings. The molecule has 1 amide bonds. The van der Waals surface area contributed by atoms with E-state index >= 15 is 0 Å². The molecule has 0 bridgehead atoms. The van der Waals surface area contributed by atoms with Gasteiger partial charge in [-0.2, -0.15) is 13.2 Å². The molecule has 0 aromatic heterocycles. The van der Waals surface area contributed by atoms with E-state index in [1.54, 1.807) is 0 Å². The summed E-state index contributed by atoms with van der Waals surface area (Å²) in [6.45, 7) is -1.46. The monoisotopic (exact) mass is 255 g/mol. The van der Waals surface area contributed by atoms with Gasteiger partial charge in [0.15, 0.2) is 0 Å². The summed E-state index contributed by atoms with van der Waals surface area (Å²) in [6, 6.07) is 0. The number of carbonyl (C=O) groups is 1. The molecule has 100 valence electrons. The minimum Gasteiger partial charge on any atom is -0.391 e. The van der Waals surface area contributed by atoms with Crippen LogP contribution in [-0.4, -0.2) is 43.1 Å². The van der Waals surface area contributed by atoms with Crippen LogP contribution in [0.1, 0.15) is 19.3 Å². The van der Waals surface area contributed by atoms with Gasteiger partial charge in [-0.15, -0.1) is 0 Å². The molecule has 1 atom stereocenters. The van der Waals surface area contributed by atoms with Crippen LogP contribution in [0.4, 0.5) is 13.2 Å². The number of nitrogens with one attached hydrogen (secondary N) is 1. The second-order valence-corrected chi connectivity index (χ2v) is 4.13. The molecular weight excluding hydrogens is 239 g/mol. The zero-order chi connectivity index (χ0) is 12.9. The van der Waals surface area contributed by atoms with Crippen molar-refractivity contribution in [2.75, 3.05) is 19.8 Å². The summed E-state index contributed by atoms with van der Waals surface area (Å²) >= 11 is 0. The van der Waals surface area contributed by atoms with Crippen LogP contribution in [0, 0.1) is 5.92 Å². The Kier molecular flexibility index (Phi) is 5.20. The molecule has 1 saturated carbocycles. The van der Waals surface area contributed by atoms with E-state index in [2.05, 4.69) is 10.1 Å². The molecule has 0 heterocycles. The molecule has 1 unspecified atom stereocenters. The minimum atomic E-state index is -4.36. The maximum absolute atomic E-state index is 11.7. The number of amides is 1. The van der Waals surface area contributed by atoms with Crippen molar-refractivity contribution in [1.82, 2.24) is 5.32 Å². The third kappa shape index (κ3) is 7.17. The van der Waals surface area contributed by atoms with Gasteiger partial charge >= 0.3 is 6.18 Å². The largest absolute Gasteiger partial charge is 0.411 e. The van der Waals surface area contributed by atoms with Crippen LogP contribution in [0.15, 0.2) is 0 Å². The Morgan fingerprint density at radius 2 is 2.12 bits per heavy atom. The van der Waals surface area contributed by atoms with Crippen LogP contribution in [0.25, 0.3) is 0 Å². The van der Waals surface area contributed by atoms with Gasteiger partial charge in [0, 0.05) is 13.0 Å². The number of aliphatic hydroxyl groups is 1. The van der Waals surface area contributed by atoms with Gasteiger partial charge in [0.25, 0.3) is 0 Å². The van der Waals surface area contributed by atoms with E-state index in [0.717, 1.165) is 12.8 Å². The van der Waals surface area contributed by atoms with Crippen LogP contribution in [0.2, 0.25) is 0 Å². The van der Waals surface area contributed by atoms with E-state index in [1.807, 2.05) is 0 Å². The summed E-state index contributed by atoms with van der Waals surface area (Å²) < 4.78 is 39.3. The normalized spacial score (nSPS) is 17.9. The number of halogens is 3. The Labute approximate surface area is 97.1 Å². The lowest BCUT2D eigenvalue weighted by molar-refractivity contribution is -0.174. The van der Waals surface area contributed by atoms with Gasteiger partial charge in [-0.1, -0.05) is 0 Å². The lowest BCUT2D eigenvalue weighted by atomic mass is 10.2. The Hall–Kier alpha value is -0.820. The topological polar surface area (TPSA) is 58.6 Å². The van der Waals surface area contributed by atoms with Crippen molar-refractivity contribution in [3.8, 4) is 0 Å². The third-order valence-corrected chi connectivity index (χ3v) is 2.41. The van der Waals surface area contributed by atoms with E-state index in [-0.39, 0.29) is 25.5 Å². The first-order valence-corrected chi connectivity index (χ1v) is 5.48. The zero-order valence-electron chi connectivity index (χ0n) is 9.29. The van der Waals surface area contributed by atoms with E-state index in [0.29, 0.717) is 0 Å². The fourth-order valence-corrected chi connectivity index (χ4v) is 1.31. The number of carbonyl (C=O) groups excluding carboxylic acids is 1. The molecule has 0 saturated heterocycles. The predicted molar refractivity (Wildman–Crippen MR) is 53.2 cm³/mol. The van der Waals surface area contributed by atoms with Crippen molar-refractivity contribution in [1.29, 1.82) is 0 Å². The van der Waals surface area contributed by atoms with Gasteiger partial charge < -0.3 is 15.2 Å². The molecule has 0 aromatic rings. The average Bonchev–Trinajstić information content (AvgIpc) is 3.03. The first-order valence-electron chi connectivity index (χ1n) is 5.48. The minimum absolute atomic E-state index is 0.131. The highest BCUT2D eigenvalue weighted by Crippen LogP contribution is 2.32. The van der Waals surface area contributed by atoms with Crippen LogP contribution < -0.4 is 5.32 Å². The van der Waals surface area contributed by atoms with Crippen LogP contribution in [-0.2, 0) is 9.53 Å². The second-order valence-electron chi connectivity index (χ2n) is 4.13. The fraction of sp³-hybridized carbons (Fsp3) is 0.900. The average molecular weight is 255 g/mol. The fourth-order valence-electron chi connectivity index (χ4n) is 1.31. The predicted octanol–water partition coefficient (Wildman–Crippen LogP) is 0.843. The summed E-state index contributed by atoms with van der Waals surface area (Å²) in [5.74, 6) is -0.149. The number of alkyl halides is 3. The maximum Gasteiger partial charge on any atom is 0.411 e. The highest BCUT2D eigenvalue weighted by Gasteiger charge is 2.30. The Bertz CT molecular complexity index is 254. The summed E-state index contributed by atoms with van der Waals surface area (Å²) in [5, 5.41) is 11.9. The smallest absolute Gasteiger partial charge is 0.391 e. The molecule has 1 rings (SSSR count). The van der Waals surface area contributed by atoms with E-state index in [9.17, 15) is 23.1 Å². The number of aliphatic hydroxyl groups excluding tert-OH is 1. The lowest BCUT2D eigenvalue weighted by Gasteiger charge is -2.11. The molecule has 0 aromatic carbocycles. The van der Waals surface area contributed by atoms with Crippen LogP contribution in [0.5, 0.6) is 0 Å². The summed E-state index contributed by atoms with van der Waals surface area (Å²) in [6.07, 6.45) is -3.11. The van der Waals surface area contributed by atoms with Gasteiger partial charge in [0.05, 0.1) is 12.7 Å². The Balaban J connectivity index is 1.97. The standard InChI is InChI=1S/C10H16F3NO3/c11-10(12,13)6-17-4-3-9(16)14-5-8(15)7-1-2-7/h7-8,15H,1-6H2,(H,14,16). The molecule has 0 radical (unpaired) electrons. The molecule has 1 fully saturated rings.